The molecular weight excluding hydrogens is 481 g/mol. The number of hydrogen-bond donors (Lipinski definition) is 0. The minimum atomic E-state index is -4.68. The Morgan fingerprint density at radius 1 is 1.14 bits per heavy atom. The molecule has 1 amide bonds. The van der Waals surface area contributed by atoms with Gasteiger partial charge >= 0.3 is 6.18 Å². The van der Waals surface area contributed by atoms with Crippen molar-refractivity contribution in [3.63, 3.8) is 0 Å². The summed E-state index contributed by atoms with van der Waals surface area (Å²) in [5.74, 6) is -1.27. The van der Waals surface area contributed by atoms with Crippen molar-refractivity contribution in [3.8, 4) is 5.75 Å². The number of rotatable bonds is 6. The second-order valence-corrected chi connectivity index (χ2v) is 11.0. The van der Waals surface area contributed by atoms with E-state index < -0.39 is 23.4 Å². The van der Waals surface area contributed by atoms with Crippen LogP contribution in [-0.2, 0) is 27.6 Å². The maximum atomic E-state index is 13.8. The Balaban J connectivity index is 1.71. The van der Waals surface area contributed by atoms with Crippen LogP contribution in [0.25, 0.3) is 0 Å². The summed E-state index contributed by atoms with van der Waals surface area (Å²) >= 11 is 1.36. The van der Waals surface area contributed by atoms with Gasteiger partial charge in [0.2, 0.25) is 0 Å². The topological polar surface area (TPSA) is 62.1 Å². The summed E-state index contributed by atoms with van der Waals surface area (Å²) in [5.41, 5.74) is -1.39. The highest BCUT2D eigenvalue weighted by molar-refractivity contribution is 7.09. The summed E-state index contributed by atoms with van der Waals surface area (Å²) in [5, 5.41) is 0. The molecule has 0 spiro atoms. The van der Waals surface area contributed by atoms with E-state index in [2.05, 4.69) is 25.8 Å². The standard InChI is InChI=1S/C25H31F3N2O4S/c1-24(2,3)20-14-30(13-16-7-5-11-32-16)23(35-20)29-22(31)18-9-4-10-19(25(26,27)28)21(18)34-15-17-8-6-12-33-17/h4,9-10,14,16-17H,5-8,11-13,15H2,1-3H3/t16-,17-/m1/s1. The lowest BCUT2D eigenvalue weighted by Gasteiger charge is -2.18. The second-order valence-electron chi connectivity index (χ2n) is 9.96. The molecule has 2 aliphatic heterocycles. The van der Waals surface area contributed by atoms with Crippen LogP contribution in [0.3, 0.4) is 0 Å². The first kappa shape index (κ1) is 25.9. The van der Waals surface area contributed by atoms with Gasteiger partial charge in [-0.3, -0.25) is 4.79 Å². The van der Waals surface area contributed by atoms with E-state index in [4.69, 9.17) is 14.2 Å². The van der Waals surface area contributed by atoms with Crippen LogP contribution in [0, 0.1) is 0 Å². The van der Waals surface area contributed by atoms with Gasteiger partial charge in [0.05, 0.1) is 29.9 Å². The van der Waals surface area contributed by atoms with E-state index in [1.165, 1.54) is 23.5 Å². The predicted octanol–water partition coefficient (Wildman–Crippen LogP) is 5.34. The molecule has 1 aromatic heterocycles. The Hall–Kier alpha value is -2.17. The molecule has 3 heterocycles. The molecule has 0 unspecified atom stereocenters. The summed E-state index contributed by atoms with van der Waals surface area (Å²) in [6.07, 6.45) is 0.425. The number of carbonyl (C=O) groups is 1. The van der Waals surface area contributed by atoms with E-state index >= 15 is 0 Å². The number of nitrogens with zero attached hydrogens (tertiary/aromatic N) is 2. The van der Waals surface area contributed by atoms with Crippen molar-refractivity contribution in [2.24, 2.45) is 4.99 Å². The summed E-state index contributed by atoms with van der Waals surface area (Å²) in [7, 11) is 0. The number of aromatic nitrogens is 1. The lowest BCUT2D eigenvalue weighted by atomic mass is 9.95. The molecule has 0 N–H and O–H groups in total. The molecule has 6 nitrogen and oxygen atoms in total. The van der Waals surface area contributed by atoms with Crippen LogP contribution >= 0.6 is 11.3 Å². The van der Waals surface area contributed by atoms with Crippen LogP contribution in [0.4, 0.5) is 13.2 Å². The zero-order chi connectivity index (χ0) is 25.2. The van der Waals surface area contributed by atoms with E-state index in [-0.39, 0.29) is 29.8 Å². The van der Waals surface area contributed by atoms with Gasteiger partial charge < -0.3 is 18.8 Å². The Morgan fingerprint density at radius 3 is 2.43 bits per heavy atom. The molecule has 2 fully saturated rings. The number of halogens is 3. The van der Waals surface area contributed by atoms with Crippen LogP contribution in [0.15, 0.2) is 29.4 Å². The Morgan fingerprint density at radius 2 is 1.83 bits per heavy atom. The maximum absolute atomic E-state index is 13.8. The number of thiazole rings is 1. The number of alkyl halides is 3. The van der Waals surface area contributed by atoms with Gasteiger partial charge in [0, 0.05) is 24.3 Å². The van der Waals surface area contributed by atoms with E-state index in [9.17, 15) is 18.0 Å². The molecule has 35 heavy (non-hydrogen) atoms. The molecule has 2 aromatic rings. The number of hydrogen-bond acceptors (Lipinski definition) is 5. The molecule has 4 rings (SSSR count). The molecule has 0 saturated carbocycles. The molecular formula is C25H31F3N2O4S. The third-order valence-electron chi connectivity index (χ3n) is 6.07. The number of benzene rings is 1. The van der Waals surface area contributed by atoms with Crippen molar-refractivity contribution >= 4 is 17.2 Å². The zero-order valence-corrected chi connectivity index (χ0v) is 21.0. The molecule has 192 valence electrons. The van der Waals surface area contributed by atoms with Crippen molar-refractivity contribution in [1.82, 2.24) is 4.57 Å². The largest absolute Gasteiger partial charge is 0.489 e. The highest BCUT2D eigenvalue weighted by atomic mass is 32.1. The molecule has 1 aromatic carbocycles. The smallest absolute Gasteiger partial charge is 0.419 e. The van der Waals surface area contributed by atoms with E-state index in [1.807, 2.05) is 10.8 Å². The van der Waals surface area contributed by atoms with Crippen LogP contribution in [0.1, 0.15) is 67.3 Å². The third kappa shape index (κ3) is 6.34. The van der Waals surface area contributed by atoms with Gasteiger partial charge in [0.1, 0.15) is 12.4 Å². The van der Waals surface area contributed by atoms with Crippen LogP contribution in [-0.4, -0.2) is 42.5 Å². The fraction of sp³-hybridized carbons (Fsp3) is 0.600. The van der Waals surface area contributed by atoms with E-state index in [1.54, 1.807) is 0 Å². The summed E-state index contributed by atoms with van der Waals surface area (Å²) in [6, 6.07) is 3.45. The first-order chi connectivity index (χ1) is 16.5. The molecule has 2 aliphatic rings. The fourth-order valence-electron chi connectivity index (χ4n) is 4.14. The van der Waals surface area contributed by atoms with Crippen LogP contribution < -0.4 is 9.54 Å². The summed E-state index contributed by atoms with van der Waals surface area (Å²) < 4.78 is 60.0. The maximum Gasteiger partial charge on any atom is 0.419 e. The SMILES string of the molecule is CC(C)(C)c1cn(C[C@H]2CCCO2)c(=NC(=O)c2cccc(C(F)(F)F)c2OC[C@H]2CCCO2)s1. The number of amides is 1. The first-order valence-corrected chi connectivity index (χ1v) is 12.7. The van der Waals surface area contributed by atoms with E-state index in [0.29, 0.717) is 31.0 Å². The third-order valence-corrected chi connectivity index (χ3v) is 7.52. The predicted molar refractivity (Wildman–Crippen MR) is 126 cm³/mol. The average molecular weight is 513 g/mol. The minimum absolute atomic E-state index is 0.0188. The van der Waals surface area contributed by atoms with Crippen molar-refractivity contribution in [2.75, 3.05) is 19.8 Å². The molecule has 0 radical (unpaired) electrons. The monoisotopic (exact) mass is 512 g/mol. The number of ether oxygens (including phenoxy) is 3. The zero-order valence-electron chi connectivity index (χ0n) is 20.2. The Bertz CT molecular complexity index is 1110. The van der Waals surface area contributed by atoms with E-state index in [0.717, 1.165) is 30.2 Å². The summed E-state index contributed by atoms with van der Waals surface area (Å²) in [6.45, 7) is 7.90. The first-order valence-electron chi connectivity index (χ1n) is 11.9. The molecule has 2 saturated heterocycles. The minimum Gasteiger partial charge on any atom is -0.489 e. The van der Waals surface area contributed by atoms with Crippen molar-refractivity contribution < 1.29 is 32.2 Å². The van der Waals surface area contributed by atoms with Gasteiger partial charge in [-0.25, -0.2) is 0 Å². The highest BCUT2D eigenvalue weighted by Gasteiger charge is 2.37. The lowest BCUT2D eigenvalue weighted by molar-refractivity contribution is -0.139. The molecule has 0 bridgehead atoms. The van der Waals surface area contributed by atoms with Crippen molar-refractivity contribution in [1.29, 1.82) is 0 Å². The van der Waals surface area contributed by atoms with Gasteiger partial charge in [0.25, 0.3) is 5.91 Å². The molecule has 2 atom stereocenters. The Kier molecular flexibility index (Phi) is 7.73. The summed E-state index contributed by atoms with van der Waals surface area (Å²) in [4.78, 5) is 19.0. The van der Waals surface area contributed by atoms with Crippen LogP contribution in [0.2, 0.25) is 0 Å². The van der Waals surface area contributed by atoms with Gasteiger partial charge in [-0.1, -0.05) is 26.8 Å². The van der Waals surface area contributed by atoms with Gasteiger partial charge in [0.15, 0.2) is 4.80 Å². The van der Waals surface area contributed by atoms with Crippen molar-refractivity contribution in [2.45, 2.75) is 76.8 Å². The van der Waals surface area contributed by atoms with Gasteiger partial charge in [-0.15, -0.1) is 11.3 Å². The highest BCUT2D eigenvalue weighted by Crippen LogP contribution is 2.39. The second kappa shape index (κ2) is 10.4. The van der Waals surface area contributed by atoms with Crippen molar-refractivity contribution in [3.05, 3.63) is 45.2 Å². The van der Waals surface area contributed by atoms with Gasteiger partial charge in [-0.2, -0.15) is 18.2 Å². The number of para-hydroxylation sites is 1. The molecule has 10 heteroatoms. The quantitative estimate of drug-likeness (QED) is 0.524. The fourth-order valence-corrected chi connectivity index (χ4v) is 5.19. The van der Waals surface area contributed by atoms with Crippen LogP contribution in [0.5, 0.6) is 5.75 Å². The average Bonchev–Trinajstić information content (AvgIpc) is 3.54. The molecule has 0 aliphatic carbocycles. The lowest BCUT2D eigenvalue weighted by Crippen LogP contribution is -2.24. The van der Waals surface area contributed by atoms with Gasteiger partial charge in [-0.05, 0) is 43.2 Å². The Labute approximate surface area is 206 Å². The number of carbonyl (C=O) groups excluding carboxylic acids is 1. The normalized spacial score (nSPS) is 21.6.